The van der Waals surface area contributed by atoms with Crippen molar-refractivity contribution in [3.05, 3.63) is 47.7 Å². The molecule has 3 N–H and O–H groups in total. The average Bonchev–Trinajstić information content (AvgIpc) is 2.55. The summed E-state index contributed by atoms with van der Waals surface area (Å²) >= 11 is 0. The Morgan fingerprint density at radius 2 is 1.93 bits per heavy atom. The van der Waals surface area contributed by atoms with Crippen molar-refractivity contribution in [1.82, 2.24) is 4.98 Å². The normalized spacial score (nSPS) is 17.3. The molecular weight excluding hydrogens is 188 g/mol. The number of nitrogens with zero attached hydrogens (tertiary/aromatic N) is 1. The van der Waals surface area contributed by atoms with Crippen LogP contribution in [0.5, 0.6) is 5.75 Å². The molecule has 3 heteroatoms. The fourth-order valence-corrected chi connectivity index (χ4v) is 2.12. The van der Waals surface area contributed by atoms with E-state index in [4.69, 9.17) is 5.73 Å². The SMILES string of the molecule is NC1c2cccnc2-c2c(O)cccc21. The first-order valence-corrected chi connectivity index (χ1v) is 4.82. The molecule has 1 aliphatic carbocycles. The predicted octanol–water partition coefficient (Wildman–Crippen LogP) is 1.82. The summed E-state index contributed by atoms with van der Waals surface area (Å²) in [4.78, 5) is 4.27. The standard InChI is InChI=1S/C12H10N2O/c13-11-7-3-1-5-9(15)10(7)12-8(11)4-2-6-14-12/h1-6,11,15H,13H2. The Balaban J connectivity index is 2.39. The van der Waals surface area contributed by atoms with Gasteiger partial charge in [0.25, 0.3) is 0 Å². The molecule has 1 aromatic heterocycles. The van der Waals surface area contributed by atoms with Crippen molar-refractivity contribution in [3.63, 3.8) is 0 Å². The summed E-state index contributed by atoms with van der Waals surface area (Å²) in [6, 6.07) is 9.04. The third-order valence-corrected chi connectivity index (χ3v) is 2.82. The Hall–Kier alpha value is -1.87. The van der Waals surface area contributed by atoms with Crippen molar-refractivity contribution < 1.29 is 5.11 Å². The Kier molecular flexibility index (Phi) is 1.58. The fourth-order valence-electron chi connectivity index (χ4n) is 2.12. The number of hydrogen-bond donors (Lipinski definition) is 2. The third-order valence-electron chi connectivity index (χ3n) is 2.82. The van der Waals surface area contributed by atoms with E-state index in [1.54, 1.807) is 18.3 Å². The van der Waals surface area contributed by atoms with Gasteiger partial charge in [-0.2, -0.15) is 0 Å². The van der Waals surface area contributed by atoms with Gasteiger partial charge in [-0.1, -0.05) is 18.2 Å². The molecule has 0 spiro atoms. The molecule has 15 heavy (non-hydrogen) atoms. The Morgan fingerprint density at radius 3 is 2.80 bits per heavy atom. The topological polar surface area (TPSA) is 59.1 Å². The summed E-state index contributed by atoms with van der Waals surface area (Å²) in [6.07, 6.45) is 1.72. The smallest absolute Gasteiger partial charge is 0.125 e. The Labute approximate surface area is 87.2 Å². The predicted molar refractivity (Wildman–Crippen MR) is 57.4 cm³/mol. The van der Waals surface area contributed by atoms with E-state index in [1.165, 1.54) is 0 Å². The van der Waals surface area contributed by atoms with Gasteiger partial charge in [0, 0.05) is 11.8 Å². The summed E-state index contributed by atoms with van der Waals surface area (Å²) < 4.78 is 0. The van der Waals surface area contributed by atoms with E-state index in [2.05, 4.69) is 4.98 Å². The number of rotatable bonds is 0. The minimum atomic E-state index is -0.171. The van der Waals surface area contributed by atoms with Gasteiger partial charge in [-0.05, 0) is 23.3 Å². The van der Waals surface area contributed by atoms with Gasteiger partial charge in [0.2, 0.25) is 0 Å². The molecule has 0 radical (unpaired) electrons. The summed E-state index contributed by atoms with van der Waals surface area (Å²) in [7, 11) is 0. The minimum absolute atomic E-state index is 0.171. The lowest BCUT2D eigenvalue weighted by molar-refractivity contribution is 0.477. The number of nitrogens with two attached hydrogens (primary N) is 1. The van der Waals surface area contributed by atoms with Crippen LogP contribution in [0.15, 0.2) is 36.5 Å². The quantitative estimate of drug-likeness (QED) is 0.678. The van der Waals surface area contributed by atoms with Gasteiger partial charge in [-0.3, -0.25) is 4.98 Å². The highest BCUT2D eigenvalue weighted by molar-refractivity contribution is 5.80. The van der Waals surface area contributed by atoms with Crippen molar-refractivity contribution in [3.8, 4) is 17.0 Å². The number of aromatic nitrogens is 1. The number of fused-ring (bicyclic) bond motifs is 3. The van der Waals surface area contributed by atoms with Crippen LogP contribution >= 0.6 is 0 Å². The van der Waals surface area contributed by atoms with Crippen molar-refractivity contribution in [2.24, 2.45) is 5.73 Å². The van der Waals surface area contributed by atoms with E-state index >= 15 is 0 Å². The van der Waals surface area contributed by atoms with Gasteiger partial charge in [0.05, 0.1) is 11.7 Å². The summed E-state index contributed by atoms with van der Waals surface area (Å²) in [6.45, 7) is 0. The number of aromatic hydroxyl groups is 1. The van der Waals surface area contributed by atoms with Gasteiger partial charge in [-0.15, -0.1) is 0 Å². The number of phenolic OH excluding ortho intramolecular Hbond substituents is 1. The van der Waals surface area contributed by atoms with Gasteiger partial charge in [0.15, 0.2) is 0 Å². The van der Waals surface area contributed by atoms with Crippen LogP contribution in [-0.4, -0.2) is 10.1 Å². The van der Waals surface area contributed by atoms with Gasteiger partial charge in [-0.25, -0.2) is 0 Å². The van der Waals surface area contributed by atoms with E-state index in [-0.39, 0.29) is 11.8 Å². The number of hydrogen-bond acceptors (Lipinski definition) is 3. The van der Waals surface area contributed by atoms with Crippen LogP contribution in [0.1, 0.15) is 17.2 Å². The van der Waals surface area contributed by atoms with Crippen LogP contribution in [0.2, 0.25) is 0 Å². The molecule has 1 aliphatic rings. The first-order valence-electron chi connectivity index (χ1n) is 4.82. The van der Waals surface area contributed by atoms with E-state index in [1.807, 2.05) is 18.2 Å². The van der Waals surface area contributed by atoms with Crippen LogP contribution in [0, 0.1) is 0 Å². The highest BCUT2D eigenvalue weighted by atomic mass is 16.3. The van der Waals surface area contributed by atoms with E-state index in [0.29, 0.717) is 0 Å². The maximum atomic E-state index is 9.80. The second-order valence-electron chi connectivity index (χ2n) is 3.66. The molecular formula is C12H10N2O. The van der Waals surface area contributed by atoms with Gasteiger partial charge >= 0.3 is 0 Å². The largest absolute Gasteiger partial charge is 0.507 e. The number of benzene rings is 1. The molecule has 2 aromatic rings. The van der Waals surface area contributed by atoms with Crippen LogP contribution in [-0.2, 0) is 0 Å². The van der Waals surface area contributed by atoms with E-state index in [0.717, 1.165) is 22.4 Å². The minimum Gasteiger partial charge on any atom is -0.507 e. The van der Waals surface area contributed by atoms with Gasteiger partial charge in [0.1, 0.15) is 5.75 Å². The van der Waals surface area contributed by atoms with Crippen LogP contribution < -0.4 is 5.73 Å². The molecule has 3 rings (SSSR count). The Bertz CT molecular complexity index is 537. The lowest BCUT2D eigenvalue weighted by Crippen LogP contribution is -2.07. The zero-order chi connectivity index (χ0) is 10.4. The second kappa shape index (κ2) is 2.81. The van der Waals surface area contributed by atoms with Crippen LogP contribution in [0.3, 0.4) is 0 Å². The molecule has 74 valence electrons. The highest BCUT2D eigenvalue weighted by Gasteiger charge is 2.28. The molecule has 0 bridgehead atoms. The maximum Gasteiger partial charge on any atom is 0.125 e. The average molecular weight is 198 g/mol. The number of phenols is 1. The van der Waals surface area contributed by atoms with Gasteiger partial charge < -0.3 is 10.8 Å². The van der Waals surface area contributed by atoms with Crippen molar-refractivity contribution in [2.75, 3.05) is 0 Å². The molecule has 1 aromatic carbocycles. The molecule has 0 saturated heterocycles. The third kappa shape index (κ3) is 1.01. The zero-order valence-electron chi connectivity index (χ0n) is 8.01. The Morgan fingerprint density at radius 1 is 1.13 bits per heavy atom. The molecule has 1 atom stereocenters. The summed E-state index contributed by atoms with van der Waals surface area (Å²) in [5, 5.41) is 9.80. The lowest BCUT2D eigenvalue weighted by atomic mass is 10.1. The summed E-state index contributed by atoms with van der Waals surface area (Å²) in [5.74, 6) is 0.250. The highest BCUT2D eigenvalue weighted by Crippen LogP contribution is 2.44. The van der Waals surface area contributed by atoms with Crippen LogP contribution in [0.25, 0.3) is 11.3 Å². The lowest BCUT2D eigenvalue weighted by Gasteiger charge is -2.05. The van der Waals surface area contributed by atoms with Crippen molar-refractivity contribution in [2.45, 2.75) is 6.04 Å². The number of pyridine rings is 1. The van der Waals surface area contributed by atoms with Crippen LogP contribution in [0.4, 0.5) is 0 Å². The molecule has 0 saturated carbocycles. The van der Waals surface area contributed by atoms with E-state index in [9.17, 15) is 5.11 Å². The maximum absolute atomic E-state index is 9.80. The van der Waals surface area contributed by atoms with Crippen molar-refractivity contribution in [1.29, 1.82) is 0 Å². The monoisotopic (exact) mass is 198 g/mol. The molecule has 1 heterocycles. The second-order valence-corrected chi connectivity index (χ2v) is 3.66. The first kappa shape index (κ1) is 8.44. The summed E-state index contributed by atoms with van der Waals surface area (Å²) in [5.41, 5.74) is 9.59. The zero-order valence-corrected chi connectivity index (χ0v) is 8.01. The van der Waals surface area contributed by atoms with E-state index < -0.39 is 0 Å². The molecule has 1 unspecified atom stereocenters. The molecule has 0 amide bonds. The molecule has 0 fully saturated rings. The molecule has 3 nitrogen and oxygen atoms in total. The molecule has 0 aliphatic heterocycles. The fraction of sp³-hybridized carbons (Fsp3) is 0.0833. The first-order chi connectivity index (χ1) is 7.29. The van der Waals surface area contributed by atoms with Crippen molar-refractivity contribution >= 4 is 0 Å².